The minimum absolute atomic E-state index is 0.0109. The molecule has 0 spiro atoms. The second kappa shape index (κ2) is 7.61. The second-order valence-electron chi connectivity index (χ2n) is 4.63. The summed E-state index contributed by atoms with van der Waals surface area (Å²) < 4.78 is 4.94. The molecule has 0 aliphatic carbocycles. The average Bonchev–Trinajstić information content (AvgIpc) is 2.88. The van der Waals surface area contributed by atoms with Gasteiger partial charge in [-0.15, -0.1) is 0 Å². The molecule has 0 saturated heterocycles. The van der Waals surface area contributed by atoms with Crippen molar-refractivity contribution in [3.05, 3.63) is 23.7 Å². The molecule has 1 unspecified atom stereocenters. The van der Waals surface area contributed by atoms with E-state index in [-0.39, 0.29) is 17.2 Å². The lowest BCUT2D eigenvalue weighted by Gasteiger charge is -2.14. The smallest absolute Gasteiger partial charge is 0.338 e. The zero-order valence-corrected chi connectivity index (χ0v) is 11.4. The van der Waals surface area contributed by atoms with Gasteiger partial charge in [-0.1, -0.05) is 33.1 Å². The molecule has 106 valence electrons. The molecule has 0 bridgehead atoms. The Balaban J connectivity index is 2.47. The summed E-state index contributed by atoms with van der Waals surface area (Å²) in [6.45, 7) is 4.84. The van der Waals surface area contributed by atoms with Crippen molar-refractivity contribution in [2.45, 2.75) is 39.5 Å². The topological polar surface area (TPSA) is 79.5 Å². The van der Waals surface area contributed by atoms with Gasteiger partial charge in [0.15, 0.2) is 5.76 Å². The van der Waals surface area contributed by atoms with Crippen LogP contribution in [-0.4, -0.2) is 23.5 Å². The Labute approximate surface area is 113 Å². The largest absolute Gasteiger partial charge is 0.478 e. The van der Waals surface area contributed by atoms with Gasteiger partial charge in [0.2, 0.25) is 0 Å². The summed E-state index contributed by atoms with van der Waals surface area (Å²) in [6.07, 6.45) is 5.47. The van der Waals surface area contributed by atoms with Crippen molar-refractivity contribution >= 4 is 11.9 Å². The number of carbonyl (C=O) groups is 2. The highest BCUT2D eigenvalue weighted by Crippen LogP contribution is 2.12. The third-order valence-corrected chi connectivity index (χ3v) is 3.16. The molecular weight excluding hydrogens is 246 g/mol. The molecule has 19 heavy (non-hydrogen) atoms. The lowest BCUT2D eigenvalue weighted by molar-refractivity contribution is 0.0696. The van der Waals surface area contributed by atoms with Crippen LogP contribution < -0.4 is 5.32 Å². The molecule has 0 saturated carbocycles. The number of unbranched alkanes of at least 4 members (excludes halogenated alkanes) is 1. The van der Waals surface area contributed by atoms with E-state index in [4.69, 9.17) is 9.52 Å². The highest BCUT2D eigenvalue weighted by atomic mass is 16.4. The molecule has 0 radical (unpaired) electrons. The monoisotopic (exact) mass is 267 g/mol. The van der Waals surface area contributed by atoms with E-state index in [2.05, 4.69) is 19.2 Å². The predicted molar refractivity (Wildman–Crippen MR) is 71.3 cm³/mol. The van der Waals surface area contributed by atoms with Gasteiger partial charge in [-0.05, 0) is 12.3 Å². The number of furan rings is 1. The van der Waals surface area contributed by atoms with Gasteiger partial charge in [-0.2, -0.15) is 0 Å². The van der Waals surface area contributed by atoms with Crippen LogP contribution in [0.2, 0.25) is 0 Å². The van der Waals surface area contributed by atoms with Crippen LogP contribution in [0.15, 0.2) is 16.7 Å². The number of hydrogen-bond donors (Lipinski definition) is 2. The number of rotatable bonds is 8. The van der Waals surface area contributed by atoms with Gasteiger partial charge < -0.3 is 14.8 Å². The minimum Gasteiger partial charge on any atom is -0.478 e. The first-order chi connectivity index (χ1) is 9.08. The lowest BCUT2D eigenvalue weighted by Crippen LogP contribution is -2.28. The molecule has 0 fully saturated rings. The van der Waals surface area contributed by atoms with Crippen LogP contribution in [0, 0.1) is 5.92 Å². The molecule has 1 aromatic heterocycles. The second-order valence-corrected chi connectivity index (χ2v) is 4.63. The van der Waals surface area contributed by atoms with Crippen molar-refractivity contribution in [1.82, 2.24) is 5.32 Å². The third kappa shape index (κ3) is 4.77. The van der Waals surface area contributed by atoms with Crippen LogP contribution >= 0.6 is 0 Å². The third-order valence-electron chi connectivity index (χ3n) is 3.16. The fourth-order valence-corrected chi connectivity index (χ4v) is 1.83. The van der Waals surface area contributed by atoms with Gasteiger partial charge in [0, 0.05) is 12.6 Å². The molecule has 1 rings (SSSR count). The van der Waals surface area contributed by atoms with Gasteiger partial charge in [-0.3, -0.25) is 4.79 Å². The van der Waals surface area contributed by atoms with Gasteiger partial charge in [0.05, 0.1) is 5.56 Å². The van der Waals surface area contributed by atoms with Crippen LogP contribution in [0.5, 0.6) is 0 Å². The predicted octanol–water partition coefficient (Wildman–Crippen LogP) is 2.92. The number of carboxylic acid groups (broad SMARTS) is 1. The van der Waals surface area contributed by atoms with Crippen molar-refractivity contribution in [2.24, 2.45) is 5.92 Å². The number of aromatic carboxylic acids is 1. The first-order valence-electron chi connectivity index (χ1n) is 6.68. The molecular formula is C14H21NO4. The maximum atomic E-state index is 11.8. The van der Waals surface area contributed by atoms with Crippen molar-refractivity contribution in [3.63, 3.8) is 0 Å². The summed E-state index contributed by atoms with van der Waals surface area (Å²) in [5.74, 6) is -0.958. The van der Waals surface area contributed by atoms with Gasteiger partial charge in [0.25, 0.3) is 5.91 Å². The van der Waals surface area contributed by atoms with Crippen LogP contribution in [0.25, 0.3) is 0 Å². The number of carbonyl (C=O) groups excluding carboxylic acids is 1. The Morgan fingerprint density at radius 1 is 1.42 bits per heavy atom. The first kappa shape index (κ1) is 15.3. The minimum atomic E-state index is -1.10. The first-order valence-corrected chi connectivity index (χ1v) is 6.68. The standard InChI is InChI=1S/C14H21NO4/c1-3-5-6-10(4-2)8-15-13(16)12-7-11(9-19-12)14(17)18/h7,9-10H,3-6,8H2,1-2H3,(H,15,16)(H,17,18). The molecule has 0 aliphatic heterocycles. The van der Waals surface area contributed by atoms with Crippen LogP contribution in [0.1, 0.15) is 60.4 Å². The molecule has 2 N–H and O–H groups in total. The van der Waals surface area contributed by atoms with E-state index in [9.17, 15) is 9.59 Å². The van der Waals surface area contributed by atoms with Crippen molar-refractivity contribution in [3.8, 4) is 0 Å². The normalized spacial score (nSPS) is 12.1. The lowest BCUT2D eigenvalue weighted by atomic mass is 9.99. The van der Waals surface area contributed by atoms with E-state index in [1.807, 2.05) is 0 Å². The highest BCUT2D eigenvalue weighted by Gasteiger charge is 2.15. The number of amides is 1. The maximum Gasteiger partial charge on any atom is 0.338 e. The SMILES string of the molecule is CCCCC(CC)CNC(=O)c1cc(C(=O)O)co1. The van der Waals surface area contributed by atoms with E-state index in [1.165, 1.54) is 6.07 Å². The summed E-state index contributed by atoms with van der Waals surface area (Å²) in [7, 11) is 0. The molecule has 1 heterocycles. The molecule has 5 nitrogen and oxygen atoms in total. The Morgan fingerprint density at radius 3 is 2.68 bits per heavy atom. The average molecular weight is 267 g/mol. The van der Waals surface area contributed by atoms with Crippen LogP contribution in [-0.2, 0) is 0 Å². The molecule has 1 atom stereocenters. The van der Waals surface area contributed by atoms with Crippen LogP contribution in [0.3, 0.4) is 0 Å². The molecule has 1 amide bonds. The van der Waals surface area contributed by atoms with Gasteiger partial charge >= 0.3 is 5.97 Å². The fraction of sp³-hybridized carbons (Fsp3) is 0.571. The van der Waals surface area contributed by atoms with E-state index < -0.39 is 5.97 Å². The Hall–Kier alpha value is -1.78. The zero-order chi connectivity index (χ0) is 14.3. The Morgan fingerprint density at radius 2 is 2.16 bits per heavy atom. The van der Waals surface area contributed by atoms with Crippen molar-refractivity contribution < 1.29 is 19.1 Å². The summed E-state index contributed by atoms with van der Waals surface area (Å²) in [4.78, 5) is 22.5. The van der Waals surface area contributed by atoms with Gasteiger partial charge in [0.1, 0.15) is 6.26 Å². The number of hydrogen-bond acceptors (Lipinski definition) is 3. The Bertz CT molecular complexity index is 425. The van der Waals surface area contributed by atoms with Crippen molar-refractivity contribution in [1.29, 1.82) is 0 Å². The quantitative estimate of drug-likeness (QED) is 0.759. The van der Waals surface area contributed by atoms with E-state index in [1.54, 1.807) is 0 Å². The van der Waals surface area contributed by atoms with E-state index >= 15 is 0 Å². The summed E-state index contributed by atoms with van der Waals surface area (Å²) in [5, 5.41) is 11.5. The number of carboxylic acids is 1. The zero-order valence-electron chi connectivity index (χ0n) is 11.4. The summed E-state index contributed by atoms with van der Waals surface area (Å²) >= 11 is 0. The molecule has 5 heteroatoms. The molecule has 0 aliphatic rings. The molecule has 0 aromatic carbocycles. The van der Waals surface area contributed by atoms with Gasteiger partial charge in [-0.25, -0.2) is 4.79 Å². The summed E-state index contributed by atoms with van der Waals surface area (Å²) in [5.41, 5.74) is -0.0109. The highest BCUT2D eigenvalue weighted by molar-refractivity contribution is 5.95. The van der Waals surface area contributed by atoms with Crippen molar-refractivity contribution in [2.75, 3.05) is 6.54 Å². The van der Waals surface area contributed by atoms with E-state index in [0.717, 1.165) is 31.9 Å². The molecule has 1 aromatic rings. The van der Waals surface area contributed by atoms with E-state index in [0.29, 0.717) is 12.5 Å². The fourth-order valence-electron chi connectivity index (χ4n) is 1.83. The summed E-state index contributed by atoms with van der Waals surface area (Å²) in [6, 6.07) is 1.24. The Kier molecular flexibility index (Phi) is 6.12. The van der Waals surface area contributed by atoms with Crippen LogP contribution in [0.4, 0.5) is 0 Å². The maximum absolute atomic E-state index is 11.8. The number of nitrogens with one attached hydrogen (secondary N) is 1.